The maximum absolute atomic E-state index is 13.9. The number of nitrogens with one attached hydrogen (secondary N) is 1. The number of hydrogen-bond acceptors (Lipinski definition) is 2. The van der Waals surface area contributed by atoms with Crippen molar-refractivity contribution in [2.24, 2.45) is 0 Å². The summed E-state index contributed by atoms with van der Waals surface area (Å²) in [7, 11) is 0. The lowest BCUT2D eigenvalue weighted by Crippen LogP contribution is -2.51. The molecule has 0 aliphatic carbocycles. The lowest BCUT2D eigenvalue weighted by molar-refractivity contribution is 0.0527. The van der Waals surface area contributed by atoms with Gasteiger partial charge in [0.2, 0.25) is 0 Å². The fourth-order valence-electron chi connectivity index (χ4n) is 3.63. The van der Waals surface area contributed by atoms with Gasteiger partial charge in [0, 0.05) is 37.1 Å². The quantitative estimate of drug-likeness (QED) is 0.738. The Morgan fingerprint density at radius 2 is 1.43 bits per heavy atom. The van der Waals surface area contributed by atoms with E-state index in [9.17, 15) is 18.4 Å². The Bertz CT molecular complexity index is 1050. The van der Waals surface area contributed by atoms with Crippen LogP contribution in [0, 0.1) is 18.6 Å². The first-order valence-corrected chi connectivity index (χ1v) is 9.07. The fraction of sp³-hybridized carbons (Fsp3) is 0.238. The Balaban J connectivity index is 1.48. The van der Waals surface area contributed by atoms with Crippen molar-refractivity contribution >= 4 is 22.7 Å². The molecule has 1 saturated heterocycles. The maximum Gasteiger partial charge on any atom is 0.270 e. The summed E-state index contributed by atoms with van der Waals surface area (Å²) in [6, 6.07) is 11.0. The molecule has 0 bridgehead atoms. The molecule has 5 nitrogen and oxygen atoms in total. The number of carbonyl (C=O) groups is 2. The standard InChI is InChI=1S/C21H19F2N3O2/c1-13-14-5-2-3-8-17(14)24-19(13)21(28)26-11-9-25(10-12-26)20(27)18-15(22)6-4-7-16(18)23/h2-8,24H,9-12H2,1H3. The Morgan fingerprint density at radius 3 is 2.04 bits per heavy atom. The molecular weight excluding hydrogens is 364 g/mol. The lowest BCUT2D eigenvalue weighted by Gasteiger charge is -2.34. The summed E-state index contributed by atoms with van der Waals surface area (Å²) >= 11 is 0. The summed E-state index contributed by atoms with van der Waals surface area (Å²) in [6.07, 6.45) is 0. The number of aryl methyl sites for hydroxylation is 1. The van der Waals surface area contributed by atoms with E-state index < -0.39 is 23.1 Å². The number of aromatic amines is 1. The first-order valence-electron chi connectivity index (χ1n) is 9.07. The van der Waals surface area contributed by atoms with Gasteiger partial charge in [0.05, 0.1) is 0 Å². The summed E-state index contributed by atoms with van der Waals surface area (Å²) in [6.45, 7) is 2.94. The molecule has 2 amide bonds. The van der Waals surface area contributed by atoms with Crippen molar-refractivity contribution in [3.05, 3.63) is 70.9 Å². The fourth-order valence-corrected chi connectivity index (χ4v) is 3.63. The number of halogens is 2. The van der Waals surface area contributed by atoms with Crippen molar-refractivity contribution in [1.29, 1.82) is 0 Å². The van der Waals surface area contributed by atoms with Crippen LogP contribution >= 0.6 is 0 Å². The third-order valence-corrected chi connectivity index (χ3v) is 5.21. The van der Waals surface area contributed by atoms with Crippen molar-refractivity contribution in [2.45, 2.75) is 6.92 Å². The van der Waals surface area contributed by atoms with Gasteiger partial charge in [-0.2, -0.15) is 0 Å². The van der Waals surface area contributed by atoms with Crippen LogP contribution in [0.4, 0.5) is 8.78 Å². The summed E-state index contributed by atoms with van der Waals surface area (Å²) in [5.74, 6) is -2.59. The van der Waals surface area contributed by atoms with Crippen molar-refractivity contribution in [3.8, 4) is 0 Å². The molecule has 0 unspecified atom stereocenters. The van der Waals surface area contributed by atoms with Gasteiger partial charge in [-0.3, -0.25) is 9.59 Å². The number of benzene rings is 2. The Kier molecular flexibility index (Phi) is 4.58. The van der Waals surface area contributed by atoms with Crippen LogP contribution in [0.5, 0.6) is 0 Å². The van der Waals surface area contributed by atoms with Gasteiger partial charge in [-0.1, -0.05) is 24.3 Å². The van der Waals surface area contributed by atoms with E-state index in [1.807, 2.05) is 31.2 Å². The third kappa shape index (κ3) is 3.02. The first-order chi connectivity index (χ1) is 13.5. The predicted molar refractivity (Wildman–Crippen MR) is 101 cm³/mol. The van der Waals surface area contributed by atoms with Crippen LogP contribution in [0.2, 0.25) is 0 Å². The molecule has 0 radical (unpaired) electrons. The molecule has 0 saturated carbocycles. The lowest BCUT2D eigenvalue weighted by atomic mass is 10.1. The van der Waals surface area contributed by atoms with Crippen LogP contribution in [0.15, 0.2) is 42.5 Å². The molecule has 1 aliphatic heterocycles. The summed E-state index contributed by atoms with van der Waals surface area (Å²) in [5, 5.41) is 0.995. The van der Waals surface area contributed by atoms with E-state index in [1.54, 1.807) is 4.90 Å². The van der Waals surface area contributed by atoms with Gasteiger partial charge in [-0.25, -0.2) is 8.78 Å². The van der Waals surface area contributed by atoms with Gasteiger partial charge < -0.3 is 14.8 Å². The van der Waals surface area contributed by atoms with Crippen LogP contribution in [-0.2, 0) is 0 Å². The van der Waals surface area contributed by atoms with Crippen molar-refractivity contribution < 1.29 is 18.4 Å². The molecule has 4 rings (SSSR count). The van der Waals surface area contributed by atoms with E-state index in [4.69, 9.17) is 0 Å². The third-order valence-electron chi connectivity index (χ3n) is 5.21. The average molecular weight is 383 g/mol. The smallest absolute Gasteiger partial charge is 0.270 e. The molecule has 0 spiro atoms. The number of carbonyl (C=O) groups excluding carboxylic acids is 2. The van der Waals surface area contributed by atoms with Crippen LogP contribution in [0.1, 0.15) is 26.4 Å². The van der Waals surface area contributed by atoms with Crippen LogP contribution in [-0.4, -0.2) is 52.8 Å². The van der Waals surface area contributed by atoms with Crippen molar-refractivity contribution in [2.75, 3.05) is 26.2 Å². The zero-order valence-corrected chi connectivity index (χ0v) is 15.3. The minimum atomic E-state index is -0.878. The van der Waals surface area contributed by atoms with E-state index in [0.717, 1.165) is 28.6 Å². The summed E-state index contributed by atoms with van der Waals surface area (Å²) in [4.78, 5) is 31.6. The van der Waals surface area contributed by atoms with Gasteiger partial charge in [0.25, 0.3) is 11.8 Å². The number of aromatic nitrogens is 1. The highest BCUT2D eigenvalue weighted by Gasteiger charge is 2.29. The van der Waals surface area contributed by atoms with E-state index in [-0.39, 0.29) is 19.0 Å². The minimum absolute atomic E-state index is 0.141. The van der Waals surface area contributed by atoms with E-state index >= 15 is 0 Å². The van der Waals surface area contributed by atoms with Gasteiger partial charge >= 0.3 is 0 Å². The minimum Gasteiger partial charge on any atom is -0.350 e. The van der Waals surface area contributed by atoms with Crippen molar-refractivity contribution in [3.63, 3.8) is 0 Å². The Morgan fingerprint density at radius 1 is 0.857 bits per heavy atom. The second-order valence-corrected chi connectivity index (χ2v) is 6.85. The van der Waals surface area contributed by atoms with E-state index in [1.165, 1.54) is 11.0 Å². The number of fused-ring (bicyclic) bond motifs is 1. The number of H-pyrrole nitrogens is 1. The zero-order valence-electron chi connectivity index (χ0n) is 15.3. The van der Waals surface area contributed by atoms with E-state index in [0.29, 0.717) is 18.8 Å². The molecule has 1 N–H and O–H groups in total. The number of hydrogen-bond donors (Lipinski definition) is 1. The van der Waals surface area contributed by atoms with Gasteiger partial charge in [-0.15, -0.1) is 0 Å². The number of nitrogens with zero attached hydrogens (tertiary/aromatic N) is 2. The van der Waals surface area contributed by atoms with Crippen LogP contribution in [0.25, 0.3) is 10.9 Å². The molecule has 1 fully saturated rings. The number of piperazine rings is 1. The molecule has 144 valence electrons. The van der Waals surface area contributed by atoms with E-state index in [2.05, 4.69) is 4.98 Å². The normalized spacial score (nSPS) is 14.5. The number of para-hydroxylation sites is 1. The average Bonchev–Trinajstić information content (AvgIpc) is 3.04. The highest BCUT2D eigenvalue weighted by atomic mass is 19.1. The molecule has 0 atom stereocenters. The number of rotatable bonds is 2. The molecule has 1 aromatic heterocycles. The Labute approximate surface area is 160 Å². The topological polar surface area (TPSA) is 56.4 Å². The Hall–Kier alpha value is -3.22. The molecular formula is C21H19F2N3O2. The van der Waals surface area contributed by atoms with Crippen LogP contribution < -0.4 is 0 Å². The second kappa shape index (κ2) is 7.07. The molecule has 2 aromatic carbocycles. The predicted octanol–water partition coefficient (Wildman–Crippen LogP) is 3.35. The monoisotopic (exact) mass is 383 g/mol. The highest BCUT2D eigenvalue weighted by molar-refractivity contribution is 6.01. The highest BCUT2D eigenvalue weighted by Crippen LogP contribution is 2.23. The maximum atomic E-state index is 13.9. The molecule has 3 aromatic rings. The molecule has 2 heterocycles. The molecule has 7 heteroatoms. The number of amides is 2. The van der Waals surface area contributed by atoms with Crippen molar-refractivity contribution in [1.82, 2.24) is 14.8 Å². The summed E-state index contributed by atoms with van der Waals surface area (Å²) < 4.78 is 27.7. The van der Waals surface area contributed by atoms with Crippen LogP contribution in [0.3, 0.4) is 0 Å². The van der Waals surface area contributed by atoms with Gasteiger partial charge in [0.1, 0.15) is 22.9 Å². The zero-order chi connectivity index (χ0) is 19.8. The SMILES string of the molecule is Cc1c(C(=O)N2CCN(C(=O)c3c(F)cccc3F)CC2)[nH]c2ccccc12. The molecule has 1 aliphatic rings. The first kappa shape index (κ1) is 18.2. The molecule has 28 heavy (non-hydrogen) atoms. The van der Waals surface area contributed by atoms with Gasteiger partial charge in [-0.05, 0) is 30.7 Å². The largest absolute Gasteiger partial charge is 0.350 e. The second-order valence-electron chi connectivity index (χ2n) is 6.85. The summed E-state index contributed by atoms with van der Waals surface area (Å²) in [5.41, 5.74) is 1.76. The van der Waals surface area contributed by atoms with Gasteiger partial charge in [0.15, 0.2) is 0 Å².